The first-order chi connectivity index (χ1) is 9.37. The van der Waals surface area contributed by atoms with E-state index >= 15 is 0 Å². The Balaban J connectivity index is 2.78. The molecule has 0 saturated carbocycles. The van der Waals surface area contributed by atoms with Crippen LogP contribution < -0.4 is 10.6 Å². The molecule has 3 nitrogen and oxygen atoms in total. The molecule has 0 radical (unpaired) electrons. The molecule has 4 heteroatoms. The highest BCUT2D eigenvalue weighted by molar-refractivity contribution is 5.40. The van der Waals surface area contributed by atoms with Gasteiger partial charge in [-0.3, -0.25) is 0 Å². The van der Waals surface area contributed by atoms with Crippen LogP contribution in [0.25, 0.3) is 0 Å². The zero-order valence-corrected chi connectivity index (χ0v) is 13.4. The predicted molar refractivity (Wildman–Crippen MR) is 83.4 cm³/mol. The molecule has 1 aromatic heterocycles. The van der Waals surface area contributed by atoms with Gasteiger partial charge in [-0.05, 0) is 39.7 Å². The normalized spacial score (nSPS) is 13.3. The van der Waals surface area contributed by atoms with Crippen LogP contribution in [0.15, 0.2) is 12.3 Å². The summed E-state index contributed by atoms with van der Waals surface area (Å²) in [6.07, 6.45) is 4.75. The zero-order valence-electron chi connectivity index (χ0n) is 13.4. The van der Waals surface area contributed by atoms with E-state index in [4.69, 9.17) is 0 Å². The smallest absolute Gasteiger partial charge is 0.169 e. The van der Waals surface area contributed by atoms with Crippen LogP contribution in [-0.4, -0.2) is 16.6 Å². The molecule has 0 aliphatic carbocycles. The van der Waals surface area contributed by atoms with E-state index < -0.39 is 0 Å². The summed E-state index contributed by atoms with van der Waals surface area (Å²) in [7, 11) is 0. The summed E-state index contributed by atoms with van der Waals surface area (Å²) in [6, 6.07) is 2.02. The van der Waals surface area contributed by atoms with Crippen molar-refractivity contribution in [3.63, 3.8) is 0 Å². The molecule has 0 fully saturated rings. The standard InChI is InChI=1S/C16H28FN3/c1-6-8-13(7-2)20-15-14(17)12(9-10-18-15)11-19-16(3,4)5/h9-10,13,19H,6-8,11H2,1-5H3,(H,18,20). The first kappa shape index (κ1) is 16.9. The Kier molecular flexibility index (Phi) is 6.40. The molecule has 114 valence electrons. The Morgan fingerprint density at radius 3 is 2.55 bits per heavy atom. The maximum Gasteiger partial charge on any atom is 0.169 e. The van der Waals surface area contributed by atoms with Crippen LogP contribution in [0.3, 0.4) is 0 Å². The number of anilines is 1. The van der Waals surface area contributed by atoms with Crippen LogP contribution in [0.4, 0.5) is 10.2 Å². The first-order valence-corrected chi connectivity index (χ1v) is 7.52. The lowest BCUT2D eigenvalue weighted by atomic mass is 10.1. The fraction of sp³-hybridized carbons (Fsp3) is 0.688. The number of hydrogen-bond donors (Lipinski definition) is 2. The van der Waals surface area contributed by atoms with Crippen molar-refractivity contribution in [3.05, 3.63) is 23.6 Å². The summed E-state index contributed by atoms with van der Waals surface area (Å²) >= 11 is 0. The van der Waals surface area contributed by atoms with Gasteiger partial charge < -0.3 is 10.6 Å². The number of nitrogens with one attached hydrogen (secondary N) is 2. The Morgan fingerprint density at radius 1 is 1.30 bits per heavy atom. The van der Waals surface area contributed by atoms with Crippen molar-refractivity contribution in [2.45, 2.75) is 72.0 Å². The highest BCUT2D eigenvalue weighted by atomic mass is 19.1. The number of hydrogen-bond acceptors (Lipinski definition) is 3. The molecule has 1 unspecified atom stereocenters. The second kappa shape index (κ2) is 7.58. The van der Waals surface area contributed by atoms with Crippen molar-refractivity contribution in [2.24, 2.45) is 0 Å². The van der Waals surface area contributed by atoms with Gasteiger partial charge in [-0.15, -0.1) is 0 Å². The minimum Gasteiger partial charge on any atom is -0.365 e. The molecule has 0 amide bonds. The van der Waals surface area contributed by atoms with Crippen LogP contribution in [-0.2, 0) is 6.54 Å². The van der Waals surface area contributed by atoms with E-state index in [1.165, 1.54) is 0 Å². The van der Waals surface area contributed by atoms with Gasteiger partial charge in [0.1, 0.15) is 0 Å². The van der Waals surface area contributed by atoms with E-state index in [0.717, 1.165) is 19.3 Å². The molecule has 0 aliphatic rings. The van der Waals surface area contributed by atoms with Crippen LogP contribution in [0, 0.1) is 5.82 Å². The minimum atomic E-state index is -0.237. The molecular weight excluding hydrogens is 253 g/mol. The predicted octanol–water partition coefficient (Wildman–Crippen LogP) is 4.10. The van der Waals surface area contributed by atoms with E-state index in [9.17, 15) is 4.39 Å². The summed E-state index contributed by atoms with van der Waals surface area (Å²) in [5.41, 5.74) is 0.626. The number of rotatable bonds is 7. The number of pyridine rings is 1. The molecule has 1 rings (SSSR count). The second-order valence-electron chi connectivity index (χ2n) is 6.27. The molecule has 0 aromatic carbocycles. The first-order valence-electron chi connectivity index (χ1n) is 7.52. The maximum absolute atomic E-state index is 14.4. The highest BCUT2D eigenvalue weighted by Crippen LogP contribution is 2.18. The lowest BCUT2D eigenvalue weighted by molar-refractivity contribution is 0.418. The molecule has 1 heterocycles. The summed E-state index contributed by atoms with van der Waals surface area (Å²) < 4.78 is 14.4. The van der Waals surface area contributed by atoms with Crippen LogP contribution in [0.2, 0.25) is 0 Å². The van der Waals surface area contributed by atoms with Crippen molar-refractivity contribution >= 4 is 5.82 Å². The molecule has 0 saturated heterocycles. The van der Waals surface area contributed by atoms with E-state index in [1.807, 2.05) is 0 Å². The molecule has 0 spiro atoms. The van der Waals surface area contributed by atoms with Crippen LogP contribution in [0.1, 0.15) is 59.4 Å². The summed E-state index contributed by atoms with van der Waals surface area (Å²) in [6.45, 7) is 11.0. The highest BCUT2D eigenvalue weighted by Gasteiger charge is 2.15. The Bertz CT molecular complexity index is 413. The van der Waals surface area contributed by atoms with Gasteiger partial charge in [0.25, 0.3) is 0 Å². The van der Waals surface area contributed by atoms with E-state index in [1.54, 1.807) is 12.3 Å². The topological polar surface area (TPSA) is 37.0 Å². The SMILES string of the molecule is CCCC(CC)Nc1nccc(CNC(C)(C)C)c1F. The molecule has 1 atom stereocenters. The van der Waals surface area contributed by atoms with Crippen molar-refractivity contribution in [3.8, 4) is 0 Å². The average Bonchev–Trinajstić information content (AvgIpc) is 2.38. The van der Waals surface area contributed by atoms with Gasteiger partial charge in [-0.2, -0.15) is 0 Å². The third kappa shape index (κ3) is 5.45. The van der Waals surface area contributed by atoms with E-state index in [0.29, 0.717) is 17.9 Å². The molecule has 0 aliphatic heterocycles. The monoisotopic (exact) mass is 281 g/mol. The largest absolute Gasteiger partial charge is 0.365 e. The van der Waals surface area contributed by atoms with Gasteiger partial charge in [-0.1, -0.05) is 20.3 Å². The summed E-state index contributed by atoms with van der Waals surface area (Å²) in [4.78, 5) is 4.14. The lowest BCUT2D eigenvalue weighted by Gasteiger charge is -2.22. The van der Waals surface area contributed by atoms with Gasteiger partial charge in [0.2, 0.25) is 0 Å². The summed E-state index contributed by atoms with van der Waals surface area (Å²) in [5, 5.41) is 6.52. The van der Waals surface area contributed by atoms with Crippen molar-refractivity contribution in [2.75, 3.05) is 5.32 Å². The fourth-order valence-corrected chi connectivity index (χ4v) is 2.00. The van der Waals surface area contributed by atoms with Gasteiger partial charge >= 0.3 is 0 Å². The minimum absolute atomic E-state index is 0.0303. The average molecular weight is 281 g/mol. The molecule has 2 N–H and O–H groups in total. The fourth-order valence-electron chi connectivity index (χ4n) is 2.00. The Labute approximate surface area is 122 Å². The molecule has 1 aromatic rings. The van der Waals surface area contributed by atoms with Gasteiger partial charge in [0, 0.05) is 29.9 Å². The van der Waals surface area contributed by atoms with Gasteiger partial charge in [0.15, 0.2) is 11.6 Å². The van der Waals surface area contributed by atoms with Crippen LogP contribution >= 0.6 is 0 Å². The third-order valence-corrected chi connectivity index (χ3v) is 3.25. The third-order valence-electron chi connectivity index (χ3n) is 3.25. The molecule has 20 heavy (non-hydrogen) atoms. The van der Waals surface area contributed by atoms with Gasteiger partial charge in [0.05, 0.1) is 0 Å². The number of nitrogens with zero attached hydrogens (tertiary/aromatic N) is 1. The Hall–Kier alpha value is -1.16. The quantitative estimate of drug-likeness (QED) is 0.790. The molecule has 0 bridgehead atoms. The van der Waals surface area contributed by atoms with E-state index in [2.05, 4.69) is 50.2 Å². The van der Waals surface area contributed by atoms with Gasteiger partial charge in [-0.25, -0.2) is 9.37 Å². The van der Waals surface area contributed by atoms with Crippen molar-refractivity contribution in [1.82, 2.24) is 10.3 Å². The van der Waals surface area contributed by atoms with E-state index in [-0.39, 0.29) is 17.4 Å². The van der Waals surface area contributed by atoms with Crippen molar-refractivity contribution in [1.29, 1.82) is 0 Å². The maximum atomic E-state index is 14.4. The zero-order chi connectivity index (χ0) is 15.2. The molecular formula is C16H28FN3. The Morgan fingerprint density at radius 2 is 2.00 bits per heavy atom. The van der Waals surface area contributed by atoms with Crippen LogP contribution in [0.5, 0.6) is 0 Å². The number of aromatic nitrogens is 1. The number of halogens is 1. The summed E-state index contributed by atoms with van der Waals surface area (Å²) in [5.74, 6) is 0.136. The second-order valence-corrected chi connectivity index (χ2v) is 6.27. The van der Waals surface area contributed by atoms with Crippen molar-refractivity contribution < 1.29 is 4.39 Å². The lowest BCUT2D eigenvalue weighted by Crippen LogP contribution is -2.35.